The van der Waals surface area contributed by atoms with Gasteiger partial charge in [-0.25, -0.2) is 4.99 Å². The number of nitrogens with zero attached hydrogens (tertiary/aromatic N) is 3. The van der Waals surface area contributed by atoms with E-state index < -0.39 is 0 Å². The monoisotopic (exact) mass is 566 g/mol. The molecule has 0 aliphatic carbocycles. The summed E-state index contributed by atoms with van der Waals surface area (Å²) in [5.74, 6) is 2.24. The van der Waals surface area contributed by atoms with E-state index in [-0.39, 0.29) is 36.4 Å². The number of guanidine groups is 1. The third-order valence-corrected chi connectivity index (χ3v) is 5.73. The number of hydrogen-bond acceptors (Lipinski definition) is 4. The van der Waals surface area contributed by atoms with Gasteiger partial charge in [0.25, 0.3) is 0 Å². The predicted molar refractivity (Wildman–Crippen MR) is 143 cm³/mol. The van der Waals surface area contributed by atoms with E-state index in [1.165, 1.54) is 11.1 Å². The SMILES string of the molecule is CCNC(=NCC(=O)N1CCc2ccccc2C1)N(C)CCc1ccc(OC)c(OC)c1.I. The summed E-state index contributed by atoms with van der Waals surface area (Å²) in [6.07, 6.45) is 1.72. The predicted octanol–water partition coefficient (Wildman–Crippen LogP) is 3.35. The van der Waals surface area contributed by atoms with Crippen molar-refractivity contribution in [3.63, 3.8) is 0 Å². The molecule has 0 aromatic heterocycles. The first-order valence-electron chi connectivity index (χ1n) is 11.1. The highest BCUT2D eigenvalue weighted by Gasteiger charge is 2.20. The van der Waals surface area contributed by atoms with Gasteiger partial charge in [-0.1, -0.05) is 30.3 Å². The fourth-order valence-electron chi connectivity index (χ4n) is 3.86. The Balaban J connectivity index is 0.00000385. The van der Waals surface area contributed by atoms with Gasteiger partial charge >= 0.3 is 0 Å². The van der Waals surface area contributed by atoms with Gasteiger partial charge < -0.3 is 24.6 Å². The Hall–Kier alpha value is -2.49. The lowest BCUT2D eigenvalue weighted by Crippen LogP contribution is -2.42. The fourth-order valence-corrected chi connectivity index (χ4v) is 3.86. The molecule has 0 spiro atoms. The van der Waals surface area contributed by atoms with Crippen molar-refractivity contribution in [3.05, 3.63) is 59.2 Å². The third-order valence-electron chi connectivity index (χ3n) is 5.73. The highest BCUT2D eigenvalue weighted by atomic mass is 127. The van der Waals surface area contributed by atoms with Gasteiger partial charge in [0.15, 0.2) is 17.5 Å². The van der Waals surface area contributed by atoms with Crippen molar-refractivity contribution in [2.75, 3.05) is 47.4 Å². The summed E-state index contributed by atoms with van der Waals surface area (Å²) in [4.78, 5) is 21.4. The number of amides is 1. The number of carbonyl (C=O) groups is 1. The Labute approximate surface area is 214 Å². The lowest BCUT2D eigenvalue weighted by molar-refractivity contribution is -0.130. The van der Waals surface area contributed by atoms with Crippen molar-refractivity contribution in [1.82, 2.24) is 15.1 Å². The molecule has 3 rings (SSSR count). The van der Waals surface area contributed by atoms with E-state index in [0.717, 1.165) is 55.5 Å². The number of carbonyl (C=O) groups excluding carboxylic acids is 1. The Kier molecular flexibility index (Phi) is 10.8. The molecule has 1 aliphatic heterocycles. The van der Waals surface area contributed by atoms with Crippen LogP contribution in [0.2, 0.25) is 0 Å². The zero-order valence-corrected chi connectivity index (χ0v) is 22.3. The maximum atomic E-state index is 12.8. The lowest BCUT2D eigenvalue weighted by atomic mass is 10.00. The molecular formula is C25H35IN4O3. The van der Waals surface area contributed by atoms with Crippen LogP contribution < -0.4 is 14.8 Å². The molecule has 0 fully saturated rings. The van der Waals surface area contributed by atoms with Crippen molar-refractivity contribution in [2.45, 2.75) is 26.3 Å². The van der Waals surface area contributed by atoms with Crippen LogP contribution in [-0.4, -0.2) is 69.1 Å². The van der Waals surface area contributed by atoms with Crippen LogP contribution in [0.15, 0.2) is 47.5 Å². The lowest BCUT2D eigenvalue weighted by Gasteiger charge is -2.29. The second-order valence-electron chi connectivity index (χ2n) is 7.87. The maximum Gasteiger partial charge on any atom is 0.244 e. The molecule has 0 radical (unpaired) electrons. The largest absolute Gasteiger partial charge is 0.493 e. The van der Waals surface area contributed by atoms with Crippen LogP contribution in [0, 0.1) is 0 Å². The first-order chi connectivity index (χ1) is 15.5. The maximum absolute atomic E-state index is 12.8. The van der Waals surface area contributed by atoms with Gasteiger partial charge in [-0.3, -0.25) is 4.79 Å². The van der Waals surface area contributed by atoms with Crippen LogP contribution in [0.3, 0.4) is 0 Å². The molecule has 2 aromatic carbocycles. The number of rotatable bonds is 8. The average molecular weight is 566 g/mol. The molecule has 0 bridgehead atoms. The van der Waals surface area contributed by atoms with Gasteiger partial charge in [-0.2, -0.15) is 0 Å². The molecule has 1 amide bonds. The molecule has 1 aliphatic rings. The van der Waals surface area contributed by atoms with Gasteiger partial charge in [0.05, 0.1) is 14.2 Å². The van der Waals surface area contributed by atoms with Crippen LogP contribution >= 0.6 is 24.0 Å². The fraction of sp³-hybridized carbons (Fsp3) is 0.440. The quantitative estimate of drug-likeness (QED) is 0.302. The number of nitrogens with one attached hydrogen (secondary N) is 1. The summed E-state index contributed by atoms with van der Waals surface area (Å²) in [6, 6.07) is 14.3. The van der Waals surface area contributed by atoms with E-state index in [4.69, 9.17) is 9.47 Å². The molecule has 0 unspecified atom stereocenters. The van der Waals surface area contributed by atoms with Gasteiger partial charge in [0.2, 0.25) is 5.91 Å². The zero-order valence-electron chi connectivity index (χ0n) is 20.0. The molecule has 8 heteroatoms. The third kappa shape index (κ3) is 7.25. The number of benzene rings is 2. The van der Waals surface area contributed by atoms with Gasteiger partial charge in [0.1, 0.15) is 6.54 Å². The second-order valence-corrected chi connectivity index (χ2v) is 7.87. The minimum atomic E-state index is 0. The van der Waals surface area contributed by atoms with Crippen LogP contribution in [0.4, 0.5) is 0 Å². The van der Waals surface area contributed by atoms with Crippen molar-refractivity contribution >= 4 is 35.8 Å². The minimum absolute atomic E-state index is 0. The Morgan fingerprint density at radius 1 is 1.12 bits per heavy atom. The van der Waals surface area contributed by atoms with Gasteiger partial charge in [-0.05, 0) is 48.6 Å². The number of methoxy groups -OCH3 is 2. The van der Waals surface area contributed by atoms with Crippen molar-refractivity contribution < 1.29 is 14.3 Å². The topological polar surface area (TPSA) is 66.4 Å². The minimum Gasteiger partial charge on any atom is -0.493 e. The van der Waals surface area contributed by atoms with Crippen molar-refractivity contribution in [3.8, 4) is 11.5 Å². The number of hydrogen-bond donors (Lipinski definition) is 1. The van der Waals surface area contributed by atoms with Crippen molar-refractivity contribution in [1.29, 1.82) is 0 Å². The Morgan fingerprint density at radius 3 is 2.55 bits per heavy atom. The summed E-state index contributed by atoms with van der Waals surface area (Å²) in [6.45, 7) is 5.08. The van der Waals surface area contributed by atoms with Crippen LogP contribution in [0.5, 0.6) is 11.5 Å². The van der Waals surface area contributed by atoms with Crippen molar-refractivity contribution in [2.24, 2.45) is 4.99 Å². The zero-order chi connectivity index (χ0) is 22.9. The summed E-state index contributed by atoms with van der Waals surface area (Å²) in [7, 11) is 5.26. The molecule has 2 aromatic rings. The van der Waals surface area contributed by atoms with E-state index >= 15 is 0 Å². The van der Waals surface area contributed by atoms with E-state index in [2.05, 4.69) is 33.4 Å². The summed E-state index contributed by atoms with van der Waals surface area (Å²) >= 11 is 0. The van der Waals surface area contributed by atoms with E-state index in [9.17, 15) is 4.79 Å². The standard InChI is InChI=1S/C25H34N4O3.HI/c1-5-26-25(28(2)14-12-19-10-11-22(31-3)23(16-19)32-4)27-17-24(30)29-15-13-20-8-6-7-9-21(20)18-29;/h6-11,16H,5,12-15,17-18H2,1-4H3,(H,26,27);1H. The number of ether oxygens (including phenoxy) is 2. The number of fused-ring (bicyclic) bond motifs is 1. The van der Waals surface area contributed by atoms with E-state index in [0.29, 0.717) is 6.54 Å². The highest BCUT2D eigenvalue weighted by molar-refractivity contribution is 14.0. The van der Waals surface area contributed by atoms with Crippen LogP contribution in [0.1, 0.15) is 23.6 Å². The Morgan fingerprint density at radius 2 is 1.85 bits per heavy atom. The Bertz CT molecular complexity index is 951. The molecule has 180 valence electrons. The summed E-state index contributed by atoms with van der Waals surface area (Å²) in [5.41, 5.74) is 3.71. The highest BCUT2D eigenvalue weighted by Crippen LogP contribution is 2.27. The smallest absolute Gasteiger partial charge is 0.244 e. The second kappa shape index (κ2) is 13.3. The van der Waals surface area contributed by atoms with Gasteiger partial charge in [-0.15, -0.1) is 24.0 Å². The van der Waals surface area contributed by atoms with E-state index in [1.54, 1.807) is 14.2 Å². The van der Waals surface area contributed by atoms with Crippen LogP contribution in [0.25, 0.3) is 0 Å². The number of likely N-dealkylation sites (N-methyl/N-ethyl adjacent to an activating group) is 1. The molecule has 1 heterocycles. The first kappa shape index (κ1) is 26.8. The summed E-state index contributed by atoms with van der Waals surface area (Å²) < 4.78 is 10.7. The molecular weight excluding hydrogens is 531 g/mol. The molecule has 1 N–H and O–H groups in total. The molecule has 0 saturated heterocycles. The molecule has 33 heavy (non-hydrogen) atoms. The van der Waals surface area contributed by atoms with Crippen LogP contribution in [-0.2, 0) is 24.2 Å². The first-order valence-corrected chi connectivity index (χ1v) is 11.1. The van der Waals surface area contributed by atoms with E-state index in [1.807, 2.05) is 43.1 Å². The molecule has 0 saturated carbocycles. The van der Waals surface area contributed by atoms with Gasteiger partial charge in [0, 0.05) is 33.2 Å². The average Bonchev–Trinajstić information content (AvgIpc) is 2.84. The summed E-state index contributed by atoms with van der Waals surface area (Å²) in [5, 5.41) is 3.29. The normalized spacial score (nSPS) is 13.0. The molecule has 7 nitrogen and oxygen atoms in total. The number of halogens is 1. The molecule has 0 atom stereocenters. The number of aliphatic imine (C=N–C) groups is 1.